The lowest BCUT2D eigenvalue weighted by molar-refractivity contribution is -0.128. The molecule has 0 fully saturated rings. The molecule has 0 heterocycles. The van der Waals surface area contributed by atoms with Crippen molar-refractivity contribution in [2.24, 2.45) is 5.73 Å². The fraction of sp³-hybridized carbons (Fsp3) is 0.400. The first kappa shape index (κ1) is 18.7. The number of hydrogen-bond acceptors (Lipinski definition) is 3. The van der Waals surface area contributed by atoms with Gasteiger partial charge in [0.25, 0.3) is 0 Å². The predicted molar refractivity (Wildman–Crippen MR) is 86.1 cm³/mol. The quantitative estimate of drug-likeness (QED) is 0.666. The first-order valence-electron chi connectivity index (χ1n) is 6.35. The minimum Gasteiger partial charge on any atom is -0.349 e. The van der Waals surface area contributed by atoms with Crippen molar-refractivity contribution < 1.29 is 9.18 Å². The van der Waals surface area contributed by atoms with Crippen molar-refractivity contribution in [3.63, 3.8) is 0 Å². The second-order valence-electron chi connectivity index (χ2n) is 4.29. The summed E-state index contributed by atoms with van der Waals surface area (Å²) in [7, 11) is 3.48. The maximum Gasteiger partial charge on any atom is 0.222 e. The van der Waals surface area contributed by atoms with E-state index in [1.54, 1.807) is 25.1 Å². The van der Waals surface area contributed by atoms with Crippen LogP contribution in [0.3, 0.4) is 0 Å². The number of nitrogens with zero attached hydrogens (tertiary/aromatic N) is 1. The first-order valence-corrected chi connectivity index (χ1v) is 7.34. The van der Waals surface area contributed by atoms with Crippen molar-refractivity contribution in [2.75, 3.05) is 26.4 Å². The van der Waals surface area contributed by atoms with Crippen LogP contribution in [-0.4, -0.2) is 37.2 Å². The second-order valence-corrected chi connectivity index (χ2v) is 5.34. The van der Waals surface area contributed by atoms with Crippen LogP contribution in [0.5, 0.6) is 0 Å². The maximum atomic E-state index is 12.4. The molecule has 0 aliphatic rings. The van der Waals surface area contributed by atoms with E-state index in [1.165, 1.54) is 11.8 Å². The number of hydrogen-bond donors (Lipinski definition) is 1. The molecule has 0 saturated carbocycles. The molecule has 0 aromatic heterocycles. The Hall–Kier alpha value is -1.33. The zero-order chi connectivity index (χ0) is 15.4. The normalized spacial score (nSPS) is 12.8. The molecule has 0 aromatic carbocycles. The molecular formula is C15H23FN2OS. The molecule has 0 aliphatic heterocycles. The van der Waals surface area contributed by atoms with Gasteiger partial charge in [0.05, 0.1) is 6.33 Å². The van der Waals surface area contributed by atoms with Gasteiger partial charge in [0, 0.05) is 37.7 Å². The summed E-state index contributed by atoms with van der Waals surface area (Å²) in [5.74, 6) is 0.607. The zero-order valence-electron chi connectivity index (χ0n) is 12.1. The molecular weight excluding hydrogens is 275 g/mol. The summed E-state index contributed by atoms with van der Waals surface area (Å²) in [5.41, 5.74) is 5.96. The van der Waals surface area contributed by atoms with Crippen molar-refractivity contribution in [1.29, 1.82) is 0 Å². The summed E-state index contributed by atoms with van der Waals surface area (Å²) in [5, 5.41) is 0. The molecule has 0 aromatic rings. The number of carbonyl (C=O) groups is 1. The van der Waals surface area contributed by atoms with Crippen LogP contribution in [0, 0.1) is 0 Å². The highest BCUT2D eigenvalue weighted by Crippen LogP contribution is 2.20. The molecule has 0 saturated heterocycles. The SMILES string of the molecule is C=C/C=C(\C=C/CCC(=O)N(C)C)SC/C(=C/F)CN. The van der Waals surface area contributed by atoms with Gasteiger partial charge < -0.3 is 10.6 Å². The Morgan fingerprint density at radius 2 is 2.15 bits per heavy atom. The molecule has 0 atom stereocenters. The van der Waals surface area contributed by atoms with Gasteiger partial charge in [-0.05, 0) is 18.1 Å². The van der Waals surface area contributed by atoms with Gasteiger partial charge in [-0.3, -0.25) is 4.79 Å². The Morgan fingerprint density at radius 1 is 1.45 bits per heavy atom. The van der Waals surface area contributed by atoms with Crippen LogP contribution in [0.25, 0.3) is 0 Å². The Labute approximate surface area is 125 Å². The van der Waals surface area contributed by atoms with Crippen LogP contribution in [-0.2, 0) is 4.79 Å². The highest BCUT2D eigenvalue weighted by atomic mass is 32.2. The number of thioether (sulfide) groups is 1. The number of nitrogens with two attached hydrogens (primary N) is 1. The van der Waals surface area contributed by atoms with Crippen molar-refractivity contribution in [2.45, 2.75) is 12.8 Å². The van der Waals surface area contributed by atoms with Crippen LogP contribution in [0.1, 0.15) is 12.8 Å². The molecule has 5 heteroatoms. The van der Waals surface area contributed by atoms with Crippen molar-refractivity contribution in [3.05, 3.63) is 47.7 Å². The summed E-state index contributed by atoms with van der Waals surface area (Å²) in [6.45, 7) is 3.86. The number of rotatable bonds is 9. The van der Waals surface area contributed by atoms with Crippen LogP contribution in [0.15, 0.2) is 47.7 Å². The van der Waals surface area contributed by atoms with E-state index in [0.717, 1.165) is 4.91 Å². The topological polar surface area (TPSA) is 46.3 Å². The molecule has 0 rings (SSSR count). The smallest absolute Gasteiger partial charge is 0.222 e. The second kappa shape index (κ2) is 11.5. The van der Waals surface area contributed by atoms with Crippen LogP contribution in [0.4, 0.5) is 4.39 Å². The van der Waals surface area contributed by atoms with E-state index >= 15 is 0 Å². The lowest BCUT2D eigenvalue weighted by Crippen LogP contribution is -2.20. The molecule has 112 valence electrons. The summed E-state index contributed by atoms with van der Waals surface area (Å²) < 4.78 is 12.4. The van der Waals surface area contributed by atoms with Crippen LogP contribution >= 0.6 is 11.8 Å². The minimum absolute atomic E-state index is 0.0994. The van der Waals surface area contributed by atoms with Gasteiger partial charge in [-0.1, -0.05) is 24.8 Å². The van der Waals surface area contributed by atoms with Crippen LogP contribution in [0.2, 0.25) is 0 Å². The molecule has 0 unspecified atom stereocenters. The van der Waals surface area contributed by atoms with Gasteiger partial charge >= 0.3 is 0 Å². The van der Waals surface area contributed by atoms with Crippen molar-refractivity contribution in [1.82, 2.24) is 4.90 Å². The van der Waals surface area contributed by atoms with E-state index in [9.17, 15) is 9.18 Å². The van der Waals surface area contributed by atoms with E-state index in [1.807, 2.05) is 18.2 Å². The highest BCUT2D eigenvalue weighted by molar-refractivity contribution is 8.03. The predicted octanol–water partition coefficient (Wildman–Crippen LogP) is 3.03. The number of halogens is 1. The summed E-state index contributed by atoms with van der Waals surface area (Å²) in [4.78, 5) is 13.9. The summed E-state index contributed by atoms with van der Waals surface area (Å²) in [6, 6.07) is 0. The third-order valence-corrected chi connectivity index (χ3v) is 3.55. The molecule has 0 aliphatic carbocycles. The molecule has 0 spiro atoms. The van der Waals surface area contributed by atoms with E-state index in [-0.39, 0.29) is 12.5 Å². The van der Waals surface area contributed by atoms with Gasteiger partial charge in [-0.25, -0.2) is 4.39 Å². The monoisotopic (exact) mass is 298 g/mol. The van der Waals surface area contributed by atoms with Gasteiger partial charge in [0.1, 0.15) is 0 Å². The first-order chi connectivity index (χ1) is 9.54. The number of allylic oxidation sites excluding steroid dienone is 4. The molecule has 3 nitrogen and oxygen atoms in total. The van der Waals surface area contributed by atoms with Gasteiger partial charge in [-0.2, -0.15) is 0 Å². The van der Waals surface area contributed by atoms with E-state index < -0.39 is 0 Å². The minimum atomic E-state index is 0.0994. The third kappa shape index (κ3) is 8.72. The highest BCUT2D eigenvalue weighted by Gasteiger charge is 2.01. The largest absolute Gasteiger partial charge is 0.349 e. The van der Waals surface area contributed by atoms with E-state index in [2.05, 4.69) is 6.58 Å². The number of amides is 1. The Morgan fingerprint density at radius 3 is 2.65 bits per heavy atom. The Balaban J connectivity index is 4.31. The maximum absolute atomic E-state index is 12.4. The fourth-order valence-corrected chi connectivity index (χ4v) is 2.13. The van der Waals surface area contributed by atoms with Crippen LogP contribution < -0.4 is 5.73 Å². The lowest BCUT2D eigenvalue weighted by atomic mass is 10.2. The van der Waals surface area contributed by atoms with Gasteiger partial charge in [0.15, 0.2) is 0 Å². The number of carbonyl (C=O) groups excluding carboxylic acids is 1. The van der Waals surface area contributed by atoms with Crippen molar-refractivity contribution >= 4 is 17.7 Å². The molecule has 0 radical (unpaired) electrons. The average molecular weight is 298 g/mol. The standard InChI is InChI=1S/C15H23FN2OS/c1-4-7-14(20-12-13(10-16)11-17)8-5-6-9-15(19)18(2)3/h4-5,7-8,10H,1,6,9,11-12,17H2,2-3H3/b8-5-,13-10+,14-7+. The third-order valence-electron chi connectivity index (χ3n) is 2.43. The summed E-state index contributed by atoms with van der Waals surface area (Å²) in [6.07, 6.45) is 9.09. The average Bonchev–Trinajstić information content (AvgIpc) is 2.43. The molecule has 0 bridgehead atoms. The van der Waals surface area contributed by atoms with E-state index in [0.29, 0.717) is 30.5 Å². The van der Waals surface area contributed by atoms with Gasteiger partial charge in [0.2, 0.25) is 5.91 Å². The zero-order valence-corrected chi connectivity index (χ0v) is 13.0. The van der Waals surface area contributed by atoms with Gasteiger partial charge in [-0.15, -0.1) is 11.8 Å². The molecule has 20 heavy (non-hydrogen) atoms. The molecule has 2 N–H and O–H groups in total. The Kier molecular flexibility index (Phi) is 10.7. The lowest BCUT2D eigenvalue weighted by Gasteiger charge is -2.08. The molecule has 1 amide bonds. The summed E-state index contributed by atoms with van der Waals surface area (Å²) >= 11 is 1.49. The van der Waals surface area contributed by atoms with Crippen molar-refractivity contribution in [3.8, 4) is 0 Å². The Bertz CT molecular complexity index is 401. The van der Waals surface area contributed by atoms with E-state index in [4.69, 9.17) is 5.73 Å². The fourth-order valence-electron chi connectivity index (χ4n) is 1.21.